The third-order valence-electron chi connectivity index (χ3n) is 5.17. The lowest BCUT2D eigenvalue weighted by Crippen LogP contribution is -2.38. The van der Waals surface area contributed by atoms with E-state index in [2.05, 4.69) is 18.9 Å². The second-order valence-corrected chi connectivity index (χ2v) is 7.18. The molecule has 0 spiro atoms. The van der Waals surface area contributed by atoms with Crippen LogP contribution in [0, 0.1) is 24.2 Å². The van der Waals surface area contributed by atoms with Crippen molar-refractivity contribution >= 4 is 17.6 Å². The summed E-state index contributed by atoms with van der Waals surface area (Å²) >= 11 is 6.29. The molecule has 1 aromatic heterocycles. The molecule has 1 aliphatic carbocycles. The summed E-state index contributed by atoms with van der Waals surface area (Å²) < 4.78 is 1.63. The number of carbonyl (C=O) groups is 1. The van der Waals surface area contributed by atoms with Crippen LogP contribution >= 0.6 is 11.6 Å². The quantitative estimate of drug-likeness (QED) is 0.919. The Morgan fingerprint density at radius 1 is 1.48 bits per heavy atom. The average Bonchev–Trinajstić information content (AvgIpc) is 2.65. The van der Waals surface area contributed by atoms with Gasteiger partial charge in [-0.15, -0.1) is 0 Å². The highest BCUT2D eigenvalue weighted by Crippen LogP contribution is 2.45. The molecule has 0 unspecified atom stereocenters. The molecular formula is C16H25ClN2O2. The van der Waals surface area contributed by atoms with Gasteiger partial charge in [0.2, 0.25) is 0 Å². The molecule has 1 N–H and O–H groups in total. The Morgan fingerprint density at radius 2 is 2.05 bits per heavy atom. The maximum atomic E-state index is 11.9. The van der Waals surface area contributed by atoms with Gasteiger partial charge in [-0.05, 0) is 50.9 Å². The van der Waals surface area contributed by atoms with Gasteiger partial charge < -0.3 is 5.11 Å². The number of aliphatic carboxylic acids is 1. The topological polar surface area (TPSA) is 55.1 Å². The summed E-state index contributed by atoms with van der Waals surface area (Å²) in [5.41, 5.74) is 1.06. The van der Waals surface area contributed by atoms with Crippen LogP contribution in [0.15, 0.2) is 0 Å². The highest BCUT2D eigenvalue weighted by Gasteiger charge is 2.43. The molecule has 0 saturated heterocycles. The van der Waals surface area contributed by atoms with Crippen LogP contribution in [0.5, 0.6) is 0 Å². The summed E-state index contributed by atoms with van der Waals surface area (Å²) in [6, 6.07) is 0. The van der Waals surface area contributed by atoms with E-state index in [1.807, 2.05) is 6.92 Å². The van der Waals surface area contributed by atoms with Gasteiger partial charge in [0.15, 0.2) is 0 Å². The van der Waals surface area contributed by atoms with E-state index >= 15 is 0 Å². The Bertz CT molecular complexity index is 529. The van der Waals surface area contributed by atoms with E-state index in [0.717, 1.165) is 36.9 Å². The van der Waals surface area contributed by atoms with Crippen molar-refractivity contribution in [3.8, 4) is 0 Å². The minimum atomic E-state index is -0.691. The number of carboxylic acid groups (broad SMARTS) is 1. The molecule has 0 aliphatic heterocycles. The monoisotopic (exact) mass is 312 g/mol. The molecule has 0 aromatic carbocycles. The van der Waals surface area contributed by atoms with Crippen LogP contribution in [0.1, 0.15) is 50.8 Å². The van der Waals surface area contributed by atoms with Crippen molar-refractivity contribution in [2.75, 3.05) is 0 Å². The average molecular weight is 313 g/mol. The fraction of sp³-hybridized carbons (Fsp3) is 0.750. The van der Waals surface area contributed by atoms with Crippen molar-refractivity contribution in [1.29, 1.82) is 0 Å². The Kier molecular flexibility index (Phi) is 4.66. The third kappa shape index (κ3) is 3.10. The van der Waals surface area contributed by atoms with Crippen molar-refractivity contribution in [1.82, 2.24) is 9.78 Å². The predicted octanol–water partition coefficient (Wildman–Crippen LogP) is 3.84. The van der Waals surface area contributed by atoms with Crippen LogP contribution in [0.3, 0.4) is 0 Å². The first-order valence-corrected chi connectivity index (χ1v) is 8.06. The lowest BCUT2D eigenvalue weighted by Gasteiger charge is -2.38. The Labute approximate surface area is 131 Å². The molecule has 1 heterocycles. The van der Waals surface area contributed by atoms with E-state index in [-0.39, 0.29) is 0 Å². The molecule has 1 saturated carbocycles. The zero-order valence-electron chi connectivity index (χ0n) is 13.3. The van der Waals surface area contributed by atoms with E-state index in [0.29, 0.717) is 23.4 Å². The number of hydrogen-bond acceptors (Lipinski definition) is 2. The van der Waals surface area contributed by atoms with Crippen LogP contribution in [0.2, 0.25) is 5.15 Å². The smallest absolute Gasteiger partial charge is 0.309 e. The minimum absolute atomic E-state index is 0.492. The first kappa shape index (κ1) is 16.3. The number of carboxylic acids is 1. The Morgan fingerprint density at radius 3 is 2.43 bits per heavy atom. The standard InChI is InChI=1S/C16H25ClN2O2/c1-10(2)12-5-7-16(8-6-12,15(20)21)9-13-11(3)18-19(4)14(13)17/h10,12H,5-9H2,1-4H3,(H,20,21). The van der Waals surface area contributed by atoms with Crippen molar-refractivity contribution in [3.05, 3.63) is 16.4 Å². The molecule has 1 fully saturated rings. The Hall–Kier alpha value is -1.03. The van der Waals surface area contributed by atoms with Crippen LogP contribution < -0.4 is 0 Å². The fourth-order valence-corrected chi connectivity index (χ4v) is 3.78. The lowest BCUT2D eigenvalue weighted by atomic mass is 9.65. The number of aryl methyl sites for hydroxylation is 2. The number of aromatic nitrogens is 2. The molecule has 1 aromatic rings. The van der Waals surface area contributed by atoms with Gasteiger partial charge in [-0.3, -0.25) is 9.48 Å². The van der Waals surface area contributed by atoms with E-state index in [4.69, 9.17) is 11.6 Å². The molecule has 2 rings (SSSR count). The highest BCUT2D eigenvalue weighted by molar-refractivity contribution is 6.30. The van der Waals surface area contributed by atoms with Crippen LogP contribution in [-0.2, 0) is 18.3 Å². The van der Waals surface area contributed by atoms with Gasteiger partial charge in [0.05, 0.1) is 11.1 Å². The van der Waals surface area contributed by atoms with E-state index in [9.17, 15) is 9.90 Å². The van der Waals surface area contributed by atoms with Crippen molar-refractivity contribution in [2.45, 2.75) is 52.9 Å². The summed E-state index contributed by atoms with van der Waals surface area (Å²) in [5.74, 6) is 0.576. The van der Waals surface area contributed by atoms with Crippen molar-refractivity contribution in [2.24, 2.45) is 24.3 Å². The summed E-state index contributed by atoms with van der Waals surface area (Å²) in [4.78, 5) is 11.9. The molecule has 0 bridgehead atoms. The van der Waals surface area contributed by atoms with Gasteiger partial charge in [-0.2, -0.15) is 5.10 Å². The highest BCUT2D eigenvalue weighted by atomic mass is 35.5. The maximum absolute atomic E-state index is 11.9. The lowest BCUT2D eigenvalue weighted by molar-refractivity contribution is -0.151. The van der Waals surface area contributed by atoms with Crippen molar-refractivity contribution in [3.63, 3.8) is 0 Å². The van der Waals surface area contributed by atoms with Gasteiger partial charge in [0, 0.05) is 12.6 Å². The van der Waals surface area contributed by atoms with Crippen molar-refractivity contribution < 1.29 is 9.90 Å². The summed E-state index contributed by atoms with van der Waals surface area (Å²) in [5, 5.41) is 14.7. The van der Waals surface area contributed by atoms with Crippen LogP contribution in [0.25, 0.3) is 0 Å². The number of halogens is 1. The second-order valence-electron chi connectivity index (χ2n) is 6.82. The molecule has 4 nitrogen and oxygen atoms in total. The number of hydrogen-bond donors (Lipinski definition) is 1. The Balaban J connectivity index is 2.23. The third-order valence-corrected chi connectivity index (χ3v) is 5.64. The number of nitrogens with zero attached hydrogens (tertiary/aromatic N) is 2. The molecule has 1 aliphatic rings. The zero-order valence-corrected chi connectivity index (χ0v) is 14.1. The second kappa shape index (κ2) is 5.99. The van der Waals surface area contributed by atoms with Gasteiger partial charge in [-0.25, -0.2) is 0 Å². The van der Waals surface area contributed by atoms with E-state index in [1.165, 1.54) is 0 Å². The van der Waals surface area contributed by atoms with E-state index in [1.54, 1.807) is 11.7 Å². The molecule has 0 radical (unpaired) electrons. The van der Waals surface area contributed by atoms with Gasteiger partial charge in [0.1, 0.15) is 5.15 Å². The molecule has 21 heavy (non-hydrogen) atoms. The summed E-state index contributed by atoms with van der Waals surface area (Å²) in [6.07, 6.45) is 3.93. The predicted molar refractivity (Wildman–Crippen MR) is 83.5 cm³/mol. The maximum Gasteiger partial charge on any atom is 0.309 e. The molecular weight excluding hydrogens is 288 g/mol. The first-order valence-electron chi connectivity index (χ1n) is 7.68. The van der Waals surface area contributed by atoms with Crippen LogP contribution in [0.4, 0.5) is 0 Å². The minimum Gasteiger partial charge on any atom is -0.481 e. The van der Waals surface area contributed by atoms with Crippen LogP contribution in [-0.4, -0.2) is 20.9 Å². The van der Waals surface area contributed by atoms with Gasteiger partial charge in [0.25, 0.3) is 0 Å². The number of rotatable bonds is 4. The zero-order chi connectivity index (χ0) is 15.8. The SMILES string of the molecule is Cc1nn(C)c(Cl)c1CC1(C(=O)O)CCC(C(C)C)CC1. The first-order chi connectivity index (χ1) is 9.77. The summed E-state index contributed by atoms with van der Waals surface area (Å²) in [6.45, 7) is 6.34. The summed E-state index contributed by atoms with van der Waals surface area (Å²) in [7, 11) is 1.79. The molecule has 5 heteroatoms. The molecule has 0 atom stereocenters. The van der Waals surface area contributed by atoms with E-state index < -0.39 is 11.4 Å². The van der Waals surface area contributed by atoms with Gasteiger partial charge >= 0.3 is 5.97 Å². The molecule has 0 amide bonds. The normalized spacial score (nSPS) is 26.3. The fourth-order valence-electron chi connectivity index (χ4n) is 3.54. The largest absolute Gasteiger partial charge is 0.481 e. The molecule has 118 valence electrons. The van der Waals surface area contributed by atoms with Gasteiger partial charge in [-0.1, -0.05) is 25.4 Å².